The van der Waals surface area contributed by atoms with E-state index in [4.69, 9.17) is 0 Å². The van der Waals surface area contributed by atoms with Gasteiger partial charge in [-0.05, 0) is 82.5 Å². The first-order chi connectivity index (χ1) is 14.4. The first-order valence-electron chi connectivity index (χ1n) is 10.3. The van der Waals surface area contributed by atoms with Gasteiger partial charge in [0.15, 0.2) is 0 Å². The van der Waals surface area contributed by atoms with Crippen molar-refractivity contribution in [1.82, 2.24) is 10.2 Å². The highest BCUT2D eigenvalue weighted by Crippen LogP contribution is 2.37. The highest BCUT2D eigenvalue weighted by Gasteiger charge is 2.38. The Labute approximate surface area is 180 Å². The maximum Gasteiger partial charge on any atom is 0.416 e. The van der Waals surface area contributed by atoms with Crippen LogP contribution in [0.15, 0.2) is 48.5 Å². The zero-order valence-electron chi connectivity index (χ0n) is 18.1. The zero-order chi connectivity index (χ0) is 23.0. The molecule has 7 heteroatoms. The molecule has 1 N–H and O–H groups in total. The van der Waals surface area contributed by atoms with Crippen molar-refractivity contribution in [3.8, 4) is 0 Å². The standard InChI is InChI=1S/C24H27F3N2O2/c1-15(18-6-5-7-19(14-18)24(25,26)27)29(20-12-13-20)22(31)17-10-8-16(9-11-17)21(30)28-23(2,3)4/h5-11,14-15,20H,12-13H2,1-4H3,(H,28,30). The van der Waals surface area contributed by atoms with Gasteiger partial charge in [-0.3, -0.25) is 9.59 Å². The van der Waals surface area contributed by atoms with Gasteiger partial charge in [0.2, 0.25) is 0 Å². The third-order valence-electron chi connectivity index (χ3n) is 5.17. The molecule has 1 fully saturated rings. The lowest BCUT2D eigenvalue weighted by Crippen LogP contribution is -2.40. The van der Waals surface area contributed by atoms with Gasteiger partial charge in [-0.1, -0.05) is 12.1 Å². The Bertz CT molecular complexity index is 958. The van der Waals surface area contributed by atoms with Crippen LogP contribution in [0.5, 0.6) is 0 Å². The van der Waals surface area contributed by atoms with Crippen molar-refractivity contribution >= 4 is 11.8 Å². The summed E-state index contributed by atoms with van der Waals surface area (Å²) in [6.07, 6.45) is -2.80. The minimum atomic E-state index is -4.44. The van der Waals surface area contributed by atoms with Crippen molar-refractivity contribution in [2.45, 2.75) is 64.3 Å². The molecule has 1 atom stereocenters. The van der Waals surface area contributed by atoms with E-state index in [9.17, 15) is 22.8 Å². The van der Waals surface area contributed by atoms with Gasteiger partial charge in [-0.15, -0.1) is 0 Å². The van der Waals surface area contributed by atoms with Crippen LogP contribution in [0.4, 0.5) is 13.2 Å². The monoisotopic (exact) mass is 432 g/mol. The molecule has 2 aromatic carbocycles. The number of amides is 2. The van der Waals surface area contributed by atoms with Gasteiger partial charge in [-0.25, -0.2) is 0 Å². The second kappa shape index (κ2) is 8.36. The molecule has 0 aliphatic heterocycles. The summed E-state index contributed by atoms with van der Waals surface area (Å²) in [6.45, 7) is 7.39. The molecule has 0 spiro atoms. The van der Waals surface area contributed by atoms with Gasteiger partial charge in [-0.2, -0.15) is 13.2 Å². The van der Waals surface area contributed by atoms with E-state index in [0.717, 1.165) is 25.0 Å². The van der Waals surface area contributed by atoms with E-state index < -0.39 is 17.8 Å². The number of halogens is 3. The second-order valence-electron chi connectivity index (χ2n) is 9.02. The van der Waals surface area contributed by atoms with Crippen molar-refractivity contribution in [1.29, 1.82) is 0 Å². The molecular formula is C24H27F3N2O2. The van der Waals surface area contributed by atoms with Gasteiger partial charge in [0, 0.05) is 22.7 Å². The summed E-state index contributed by atoms with van der Waals surface area (Å²) in [5.41, 5.74) is 0.174. The maximum absolute atomic E-state index is 13.2. The Morgan fingerprint density at radius 1 is 1.00 bits per heavy atom. The smallest absolute Gasteiger partial charge is 0.347 e. The van der Waals surface area contributed by atoms with Crippen molar-refractivity contribution in [2.75, 3.05) is 0 Å². The number of hydrogen-bond donors (Lipinski definition) is 1. The number of carbonyl (C=O) groups is 2. The predicted molar refractivity (Wildman–Crippen MR) is 113 cm³/mol. The number of nitrogens with one attached hydrogen (secondary N) is 1. The summed E-state index contributed by atoms with van der Waals surface area (Å²) in [7, 11) is 0. The molecule has 2 aromatic rings. The number of nitrogens with zero attached hydrogens (tertiary/aromatic N) is 1. The molecule has 2 amide bonds. The van der Waals surface area contributed by atoms with E-state index in [1.54, 1.807) is 42.2 Å². The largest absolute Gasteiger partial charge is 0.416 e. The molecule has 1 aliphatic rings. The van der Waals surface area contributed by atoms with Crippen molar-refractivity contribution in [3.63, 3.8) is 0 Å². The molecular weight excluding hydrogens is 405 g/mol. The van der Waals surface area contributed by atoms with Gasteiger partial charge in [0.25, 0.3) is 11.8 Å². The average Bonchev–Trinajstić information content (AvgIpc) is 3.51. The summed E-state index contributed by atoms with van der Waals surface area (Å²) in [5.74, 6) is -0.488. The molecule has 0 saturated heterocycles. The number of hydrogen-bond acceptors (Lipinski definition) is 2. The molecule has 1 aliphatic carbocycles. The van der Waals surface area contributed by atoms with Crippen LogP contribution in [-0.2, 0) is 6.18 Å². The minimum absolute atomic E-state index is 0.000841. The van der Waals surface area contributed by atoms with E-state index in [1.165, 1.54) is 6.07 Å². The van der Waals surface area contributed by atoms with Crippen LogP contribution >= 0.6 is 0 Å². The number of carbonyl (C=O) groups excluding carboxylic acids is 2. The molecule has 0 heterocycles. The van der Waals surface area contributed by atoms with Crippen molar-refractivity contribution in [3.05, 3.63) is 70.8 Å². The predicted octanol–water partition coefficient (Wildman–Crippen LogP) is 5.60. The quantitative estimate of drug-likeness (QED) is 0.669. The topological polar surface area (TPSA) is 49.4 Å². The summed E-state index contributed by atoms with van der Waals surface area (Å²) in [4.78, 5) is 27.2. The van der Waals surface area contributed by atoms with Crippen LogP contribution in [0.1, 0.15) is 78.4 Å². The number of benzene rings is 2. The highest BCUT2D eigenvalue weighted by molar-refractivity contribution is 5.98. The van der Waals surface area contributed by atoms with Crippen molar-refractivity contribution < 1.29 is 22.8 Å². The van der Waals surface area contributed by atoms with E-state index in [0.29, 0.717) is 16.7 Å². The van der Waals surface area contributed by atoms with E-state index >= 15 is 0 Å². The molecule has 4 nitrogen and oxygen atoms in total. The first kappa shape index (κ1) is 22.8. The Morgan fingerprint density at radius 3 is 2.10 bits per heavy atom. The summed E-state index contributed by atoms with van der Waals surface area (Å²) in [6, 6.07) is 11.0. The lowest BCUT2D eigenvalue weighted by atomic mass is 10.0. The third-order valence-corrected chi connectivity index (χ3v) is 5.17. The zero-order valence-corrected chi connectivity index (χ0v) is 18.1. The van der Waals surface area contributed by atoms with Crippen LogP contribution in [0, 0.1) is 0 Å². The van der Waals surface area contributed by atoms with E-state index in [1.807, 2.05) is 20.8 Å². The minimum Gasteiger partial charge on any atom is -0.347 e. The van der Waals surface area contributed by atoms with E-state index in [-0.39, 0.29) is 23.4 Å². The molecule has 31 heavy (non-hydrogen) atoms. The van der Waals surface area contributed by atoms with Crippen LogP contribution in [0.25, 0.3) is 0 Å². The Morgan fingerprint density at radius 2 is 1.58 bits per heavy atom. The normalized spacial score (nSPS) is 15.3. The Hall–Kier alpha value is -2.83. The fraction of sp³-hybridized carbons (Fsp3) is 0.417. The average molecular weight is 432 g/mol. The molecule has 0 bridgehead atoms. The van der Waals surface area contributed by atoms with E-state index in [2.05, 4.69) is 5.32 Å². The lowest BCUT2D eigenvalue weighted by Gasteiger charge is -2.30. The molecule has 0 aromatic heterocycles. The summed E-state index contributed by atoms with van der Waals surface area (Å²) >= 11 is 0. The molecule has 1 saturated carbocycles. The van der Waals surface area contributed by atoms with Gasteiger partial charge >= 0.3 is 6.18 Å². The summed E-state index contributed by atoms with van der Waals surface area (Å²) < 4.78 is 39.4. The molecule has 0 radical (unpaired) electrons. The van der Waals surface area contributed by atoms with Gasteiger partial charge in [0.1, 0.15) is 0 Å². The molecule has 3 rings (SSSR count). The first-order valence-corrected chi connectivity index (χ1v) is 10.3. The van der Waals surface area contributed by atoms with Gasteiger partial charge < -0.3 is 10.2 Å². The third kappa shape index (κ3) is 5.66. The fourth-order valence-electron chi connectivity index (χ4n) is 3.47. The van der Waals surface area contributed by atoms with Crippen molar-refractivity contribution in [2.24, 2.45) is 0 Å². The van der Waals surface area contributed by atoms with Gasteiger partial charge in [0.05, 0.1) is 11.6 Å². The number of rotatable bonds is 5. The highest BCUT2D eigenvalue weighted by atomic mass is 19.4. The molecule has 1 unspecified atom stereocenters. The SMILES string of the molecule is CC(c1cccc(C(F)(F)F)c1)N(C(=O)c1ccc(C(=O)NC(C)(C)C)cc1)C1CC1. The lowest BCUT2D eigenvalue weighted by molar-refractivity contribution is -0.137. The molecule has 166 valence electrons. The Balaban J connectivity index is 1.82. The fourth-order valence-corrected chi connectivity index (χ4v) is 3.47. The summed E-state index contributed by atoms with van der Waals surface area (Å²) in [5, 5.41) is 2.87. The Kier molecular flexibility index (Phi) is 6.16. The van der Waals surface area contributed by atoms with Crippen LogP contribution in [0.3, 0.4) is 0 Å². The van der Waals surface area contributed by atoms with Crippen LogP contribution in [0.2, 0.25) is 0 Å². The second-order valence-corrected chi connectivity index (χ2v) is 9.02. The maximum atomic E-state index is 13.2. The number of alkyl halides is 3. The van der Waals surface area contributed by atoms with Crippen LogP contribution in [-0.4, -0.2) is 28.3 Å². The van der Waals surface area contributed by atoms with Crippen LogP contribution < -0.4 is 5.32 Å².